The molecule has 2 rings (SSSR count). The molecule has 3 nitrogen and oxygen atoms in total. The van der Waals surface area contributed by atoms with Crippen LogP contribution in [0.15, 0.2) is 48.5 Å². The Morgan fingerprint density at radius 3 is 2.52 bits per heavy atom. The molecule has 1 N–H and O–H groups in total. The van der Waals surface area contributed by atoms with Crippen LogP contribution in [0.2, 0.25) is 0 Å². The summed E-state index contributed by atoms with van der Waals surface area (Å²) < 4.78 is 5.71. The highest BCUT2D eigenvalue weighted by atomic mass is 16.5. The molecule has 2 aromatic rings. The molecule has 0 atom stereocenters. The van der Waals surface area contributed by atoms with Gasteiger partial charge in [0.25, 0.3) is 0 Å². The molecule has 0 spiro atoms. The van der Waals surface area contributed by atoms with Gasteiger partial charge in [0.15, 0.2) is 0 Å². The van der Waals surface area contributed by atoms with Crippen LogP contribution >= 0.6 is 0 Å². The minimum atomic E-state index is 0.123. The summed E-state index contributed by atoms with van der Waals surface area (Å²) in [5.41, 5.74) is 3.70. The summed E-state index contributed by atoms with van der Waals surface area (Å²) in [6.07, 6.45) is 3.39. The zero-order valence-electron chi connectivity index (χ0n) is 15.5. The average molecular weight is 339 g/mol. The molecule has 0 aromatic heterocycles. The number of hydrogen-bond acceptors (Lipinski definition) is 2. The minimum absolute atomic E-state index is 0.123. The molecule has 134 valence electrons. The molecule has 0 heterocycles. The summed E-state index contributed by atoms with van der Waals surface area (Å²) in [5.74, 6) is 1.03. The summed E-state index contributed by atoms with van der Waals surface area (Å²) >= 11 is 0. The molecule has 1 amide bonds. The Morgan fingerprint density at radius 1 is 1.04 bits per heavy atom. The van der Waals surface area contributed by atoms with Gasteiger partial charge in [0.2, 0.25) is 5.91 Å². The van der Waals surface area contributed by atoms with Gasteiger partial charge < -0.3 is 10.1 Å². The first kappa shape index (κ1) is 19.0. The fourth-order valence-corrected chi connectivity index (χ4v) is 2.67. The number of hydrogen-bond donors (Lipinski definition) is 1. The maximum Gasteiger partial charge on any atom is 0.220 e. The predicted octanol–water partition coefficient (Wildman–Crippen LogP) is 4.46. The van der Waals surface area contributed by atoms with Gasteiger partial charge in [-0.3, -0.25) is 4.79 Å². The predicted molar refractivity (Wildman–Crippen MR) is 103 cm³/mol. The van der Waals surface area contributed by atoms with E-state index in [1.807, 2.05) is 26.0 Å². The molecule has 0 fully saturated rings. The number of ether oxygens (including phenoxy) is 1. The van der Waals surface area contributed by atoms with Crippen LogP contribution in [0.5, 0.6) is 5.75 Å². The lowest BCUT2D eigenvalue weighted by Gasteiger charge is -2.11. The first-order valence-electron chi connectivity index (χ1n) is 9.11. The summed E-state index contributed by atoms with van der Waals surface area (Å²) in [6, 6.07) is 16.5. The van der Waals surface area contributed by atoms with E-state index >= 15 is 0 Å². The third kappa shape index (κ3) is 7.42. The van der Waals surface area contributed by atoms with Crippen LogP contribution in [0, 0.1) is 6.92 Å². The summed E-state index contributed by atoms with van der Waals surface area (Å²) in [5, 5.41) is 3.01. The standard InChI is InChI=1S/C22H29NO2/c1-17(2)25-21-8-4-6-20(16-21)7-5-15-23-22(24)14-13-19-11-9-18(3)10-12-19/h4,6,8-12,16-17H,5,7,13-15H2,1-3H3,(H,23,24). The van der Waals surface area contributed by atoms with Gasteiger partial charge in [-0.1, -0.05) is 42.0 Å². The van der Waals surface area contributed by atoms with Crippen molar-refractivity contribution in [2.45, 2.75) is 52.6 Å². The maximum absolute atomic E-state index is 11.9. The van der Waals surface area contributed by atoms with E-state index in [2.05, 4.69) is 48.6 Å². The fourth-order valence-electron chi connectivity index (χ4n) is 2.67. The van der Waals surface area contributed by atoms with E-state index in [1.165, 1.54) is 16.7 Å². The van der Waals surface area contributed by atoms with E-state index in [0.29, 0.717) is 13.0 Å². The Hall–Kier alpha value is -2.29. The maximum atomic E-state index is 11.9. The largest absolute Gasteiger partial charge is 0.491 e. The molecule has 0 aliphatic heterocycles. The van der Waals surface area contributed by atoms with Crippen molar-refractivity contribution in [1.82, 2.24) is 5.32 Å². The minimum Gasteiger partial charge on any atom is -0.491 e. The van der Waals surface area contributed by atoms with E-state index in [0.717, 1.165) is 25.0 Å². The van der Waals surface area contributed by atoms with Gasteiger partial charge in [-0.25, -0.2) is 0 Å². The van der Waals surface area contributed by atoms with E-state index < -0.39 is 0 Å². The number of benzene rings is 2. The molecule has 0 bridgehead atoms. The van der Waals surface area contributed by atoms with Crippen LogP contribution in [0.4, 0.5) is 0 Å². The second-order valence-corrected chi connectivity index (χ2v) is 6.75. The lowest BCUT2D eigenvalue weighted by Crippen LogP contribution is -2.24. The second kappa shape index (κ2) is 9.87. The Labute approximate surface area is 151 Å². The molecule has 2 aromatic carbocycles. The molecule has 0 saturated heterocycles. The topological polar surface area (TPSA) is 38.3 Å². The van der Waals surface area contributed by atoms with E-state index in [-0.39, 0.29) is 12.0 Å². The van der Waals surface area contributed by atoms with Crippen molar-refractivity contribution < 1.29 is 9.53 Å². The van der Waals surface area contributed by atoms with Crippen molar-refractivity contribution in [3.05, 3.63) is 65.2 Å². The highest BCUT2D eigenvalue weighted by Crippen LogP contribution is 2.16. The fraction of sp³-hybridized carbons (Fsp3) is 0.409. The van der Waals surface area contributed by atoms with E-state index in [1.54, 1.807) is 0 Å². The molecule has 3 heteroatoms. The monoisotopic (exact) mass is 339 g/mol. The van der Waals surface area contributed by atoms with Crippen molar-refractivity contribution in [1.29, 1.82) is 0 Å². The van der Waals surface area contributed by atoms with Crippen molar-refractivity contribution in [3.63, 3.8) is 0 Å². The van der Waals surface area contributed by atoms with Gasteiger partial charge in [0.05, 0.1) is 6.10 Å². The molecule has 0 aliphatic carbocycles. The van der Waals surface area contributed by atoms with Crippen LogP contribution in [-0.2, 0) is 17.6 Å². The molecule has 0 unspecified atom stereocenters. The van der Waals surface area contributed by atoms with E-state index in [4.69, 9.17) is 4.74 Å². The number of amides is 1. The van der Waals surface area contributed by atoms with Gasteiger partial charge >= 0.3 is 0 Å². The van der Waals surface area contributed by atoms with Crippen LogP contribution in [0.1, 0.15) is 43.4 Å². The van der Waals surface area contributed by atoms with Crippen molar-refractivity contribution in [2.75, 3.05) is 6.54 Å². The highest BCUT2D eigenvalue weighted by Gasteiger charge is 2.03. The van der Waals surface area contributed by atoms with Gasteiger partial charge in [0.1, 0.15) is 5.75 Å². The molecular weight excluding hydrogens is 310 g/mol. The Kier molecular flexibility index (Phi) is 7.52. The van der Waals surface area contributed by atoms with Crippen molar-refractivity contribution >= 4 is 5.91 Å². The summed E-state index contributed by atoms with van der Waals surface area (Å²) in [6.45, 7) is 6.83. The lowest BCUT2D eigenvalue weighted by atomic mass is 10.1. The summed E-state index contributed by atoms with van der Waals surface area (Å²) in [4.78, 5) is 11.9. The zero-order chi connectivity index (χ0) is 18.1. The van der Waals surface area contributed by atoms with Crippen molar-refractivity contribution in [2.24, 2.45) is 0 Å². The van der Waals surface area contributed by atoms with Crippen LogP contribution in [-0.4, -0.2) is 18.6 Å². The van der Waals surface area contributed by atoms with Gasteiger partial charge in [-0.2, -0.15) is 0 Å². The first-order valence-corrected chi connectivity index (χ1v) is 9.11. The van der Waals surface area contributed by atoms with Crippen LogP contribution in [0.3, 0.4) is 0 Å². The lowest BCUT2D eigenvalue weighted by molar-refractivity contribution is -0.121. The Morgan fingerprint density at radius 2 is 1.80 bits per heavy atom. The highest BCUT2D eigenvalue weighted by molar-refractivity contribution is 5.76. The number of nitrogens with one attached hydrogen (secondary N) is 1. The molecule has 25 heavy (non-hydrogen) atoms. The zero-order valence-corrected chi connectivity index (χ0v) is 15.5. The number of aryl methyl sites for hydroxylation is 3. The number of carbonyl (C=O) groups is 1. The van der Waals surface area contributed by atoms with Gasteiger partial charge in [-0.15, -0.1) is 0 Å². The van der Waals surface area contributed by atoms with Crippen LogP contribution in [0.25, 0.3) is 0 Å². The normalized spacial score (nSPS) is 10.7. The van der Waals surface area contributed by atoms with E-state index in [9.17, 15) is 4.79 Å². The average Bonchev–Trinajstić information content (AvgIpc) is 2.58. The van der Waals surface area contributed by atoms with Crippen LogP contribution < -0.4 is 10.1 Å². The van der Waals surface area contributed by atoms with Gasteiger partial charge in [0, 0.05) is 13.0 Å². The third-order valence-corrected chi connectivity index (χ3v) is 4.00. The third-order valence-electron chi connectivity index (χ3n) is 4.00. The van der Waals surface area contributed by atoms with Gasteiger partial charge in [-0.05, 0) is 63.3 Å². The quantitative estimate of drug-likeness (QED) is 0.685. The summed E-state index contributed by atoms with van der Waals surface area (Å²) in [7, 11) is 0. The molecular formula is C22H29NO2. The molecule has 0 radical (unpaired) electrons. The SMILES string of the molecule is Cc1ccc(CCC(=O)NCCCc2cccc(OC(C)C)c2)cc1. The number of carbonyl (C=O) groups excluding carboxylic acids is 1. The first-order chi connectivity index (χ1) is 12.0. The Balaban J connectivity index is 1.65. The molecule has 0 saturated carbocycles. The number of rotatable bonds is 9. The molecule has 0 aliphatic rings. The van der Waals surface area contributed by atoms with Crippen molar-refractivity contribution in [3.8, 4) is 5.75 Å². The Bertz CT molecular complexity index is 662. The second-order valence-electron chi connectivity index (χ2n) is 6.75. The smallest absolute Gasteiger partial charge is 0.220 e.